The zero-order chi connectivity index (χ0) is 13.8. The largest absolute Gasteiger partial charge is 0.371 e. The Morgan fingerprint density at radius 3 is 2.84 bits per heavy atom. The molecule has 1 fully saturated rings. The van der Waals surface area contributed by atoms with Crippen LogP contribution in [0.2, 0.25) is 5.02 Å². The molecule has 1 aromatic carbocycles. The molecule has 3 heteroatoms. The molecular weight excluding hydrogens is 256 g/mol. The highest BCUT2D eigenvalue weighted by atomic mass is 35.5. The van der Waals surface area contributed by atoms with Crippen molar-refractivity contribution in [3.63, 3.8) is 0 Å². The van der Waals surface area contributed by atoms with E-state index in [0.29, 0.717) is 6.04 Å². The molecule has 1 atom stereocenters. The number of anilines is 1. The van der Waals surface area contributed by atoms with Gasteiger partial charge in [-0.25, -0.2) is 0 Å². The van der Waals surface area contributed by atoms with Crippen LogP contribution < -0.4 is 10.2 Å². The molecule has 1 N–H and O–H groups in total. The van der Waals surface area contributed by atoms with Crippen molar-refractivity contribution in [1.82, 2.24) is 5.32 Å². The van der Waals surface area contributed by atoms with E-state index in [0.717, 1.165) is 30.6 Å². The summed E-state index contributed by atoms with van der Waals surface area (Å²) in [5, 5.41) is 4.29. The van der Waals surface area contributed by atoms with Crippen molar-refractivity contribution < 1.29 is 0 Å². The van der Waals surface area contributed by atoms with E-state index in [1.54, 1.807) is 0 Å². The van der Waals surface area contributed by atoms with Gasteiger partial charge in [-0.3, -0.25) is 0 Å². The summed E-state index contributed by atoms with van der Waals surface area (Å²) in [4.78, 5) is 2.46. The molecule has 1 aromatic rings. The molecule has 0 amide bonds. The zero-order valence-electron chi connectivity index (χ0n) is 12.2. The number of hydrogen-bond donors (Lipinski definition) is 1. The summed E-state index contributed by atoms with van der Waals surface area (Å²) in [7, 11) is 0. The van der Waals surface area contributed by atoms with E-state index < -0.39 is 0 Å². The highest BCUT2D eigenvalue weighted by Crippen LogP contribution is 2.27. The average Bonchev–Trinajstić information content (AvgIpc) is 2.37. The van der Waals surface area contributed by atoms with Crippen molar-refractivity contribution in [3.05, 3.63) is 28.8 Å². The lowest BCUT2D eigenvalue weighted by Crippen LogP contribution is -2.34. The van der Waals surface area contributed by atoms with Crippen LogP contribution in [-0.2, 0) is 6.54 Å². The maximum absolute atomic E-state index is 6.40. The molecule has 106 valence electrons. The van der Waals surface area contributed by atoms with Gasteiger partial charge in [0.05, 0.1) is 0 Å². The molecule has 19 heavy (non-hydrogen) atoms. The Balaban J connectivity index is 2.05. The van der Waals surface area contributed by atoms with Crippen LogP contribution in [0.5, 0.6) is 0 Å². The first-order valence-corrected chi connectivity index (χ1v) is 7.71. The Bertz CT molecular complexity index is 417. The molecule has 0 spiro atoms. The van der Waals surface area contributed by atoms with Crippen LogP contribution in [0.4, 0.5) is 5.69 Å². The summed E-state index contributed by atoms with van der Waals surface area (Å²) in [5.41, 5.74) is 2.45. The normalized spacial score (nSPS) is 20.1. The van der Waals surface area contributed by atoms with Crippen molar-refractivity contribution >= 4 is 17.3 Å². The fourth-order valence-electron chi connectivity index (χ4n) is 2.61. The van der Waals surface area contributed by atoms with Crippen LogP contribution in [0.1, 0.15) is 39.2 Å². The Morgan fingerprint density at radius 2 is 2.21 bits per heavy atom. The Labute approximate surface area is 122 Å². The third-order valence-corrected chi connectivity index (χ3v) is 4.11. The number of piperidine rings is 1. The number of rotatable bonds is 4. The fraction of sp³-hybridized carbons (Fsp3) is 0.625. The van der Waals surface area contributed by atoms with E-state index in [9.17, 15) is 0 Å². The van der Waals surface area contributed by atoms with Gasteiger partial charge in [0.15, 0.2) is 0 Å². The lowest BCUT2D eigenvalue weighted by Gasteiger charge is -2.33. The van der Waals surface area contributed by atoms with Gasteiger partial charge in [0.2, 0.25) is 0 Å². The minimum atomic E-state index is 0.485. The minimum absolute atomic E-state index is 0.485. The van der Waals surface area contributed by atoms with E-state index in [-0.39, 0.29) is 0 Å². The predicted octanol–water partition coefficient (Wildman–Crippen LogP) is 4.07. The third-order valence-electron chi connectivity index (χ3n) is 3.76. The Hall–Kier alpha value is -0.730. The number of hydrogen-bond acceptors (Lipinski definition) is 2. The minimum Gasteiger partial charge on any atom is -0.371 e. The highest BCUT2D eigenvalue weighted by molar-refractivity contribution is 6.31. The standard InChI is InChI=1S/C16H25ClN2/c1-12(2)18-10-14-6-7-15(9-16(14)17)19-8-4-5-13(3)11-19/h6-7,9,12-13,18H,4-5,8,10-11H2,1-3H3. The first-order valence-electron chi connectivity index (χ1n) is 7.33. The molecule has 0 saturated carbocycles. The average molecular weight is 281 g/mol. The topological polar surface area (TPSA) is 15.3 Å². The summed E-state index contributed by atoms with van der Waals surface area (Å²) >= 11 is 6.40. The van der Waals surface area contributed by atoms with Gasteiger partial charge in [-0.15, -0.1) is 0 Å². The summed E-state index contributed by atoms with van der Waals surface area (Å²) in [6.45, 7) is 9.78. The molecule has 2 rings (SSSR count). The van der Waals surface area contributed by atoms with E-state index in [1.807, 2.05) is 0 Å². The first kappa shape index (κ1) is 14.7. The molecule has 1 heterocycles. The van der Waals surface area contributed by atoms with Gasteiger partial charge in [-0.1, -0.05) is 38.4 Å². The number of halogens is 1. The molecule has 0 aromatic heterocycles. The predicted molar refractivity (Wildman–Crippen MR) is 84.0 cm³/mol. The first-order chi connectivity index (χ1) is 9.06. The third kappa shape index (κ3) is 4.12. The van der Waals surface area contributed by atoms with Crippen LogP contribution in [0.25, 0.3) is 0 Å². The quantitative estimate of drug-likeness (QED) is 0.894. The smallest absolute Gasteiger partial charge is 0.0471 e. The van der Waals surface area contributed by atoms with Gasteiger partial charge in [-0.05, 0) is 36.5 Å². The summed E-state index contributed by atoms with van der Waals surface area (Å²) in [5.74, 6) is 0.787. The van der Waals surface area contributed by atoms with Crippen molar-refractivity contribution in [1.29, 1.82) is 0 Å². The van der Waals surface area contributed by atoms with Crippen LogP contribution in [0.15, 0.2) is 18.2 Å². The molecule has 1 aliphatic heterocycles. The molecule has 0 aliphatic carbocycles. The monoisotopic (exact) mass is 280 g/mol. The number of nitrogens with one attached hydrogen (secondary N) is 1. The number of benzene rings is 1. The SMILES string of the molecule is CC1CCCN(c2ccc(CNC(C)C)c(Cl)c2)C1. The molecule has 1 aliphatic rings. The summed E-state index contributed by atoms with van der Waals surface area (Å²) < 4.78 is 0. The fourth-order valence-corrected chi connectivity index (χ4v) is 2.86. The van der Waals surface area contributed by atoms with Gasteiger partial charge in [-0.2, -0.15) is 0 Å². The second-order valence-electron chi connectivity index (χ2n) is 6.00. The van der Waals surface area contributed by atoms with Gasteiger partial charge in [0, 0.05) is 36.4 Å². The van der Waals surface area contributed by atoms with E-state index in [4.69, 9.17) is 11.6 Å². The molecule has 1 saturated heterocycles. The number of nitrogens with zero attached hydrogens (tertiary/aromatic N) is 1. The van der Waals surface area contributed by atoms with E-state index in [1.165, 1.54) is 24.1 Å². The molecule has 0 bridgehead atoms. The maximum atomic E-state index is 6.40. The van der Waals surface area contributed by atoms with E-state index >= 15 is 0 Å². The van der Waals surface area contributed by atoms with Gasteiger partial charge in [0.1, 0.15) is 0 Å². The van der Waals surface area contributed by atoms with Gasteiger partial charge < -0.3 is 10.2 Å². The molecular formula is C16H25ClN2. The maximum Gasteiger partial charge on any atom is 0.0471 e. The summed E-state index contributed by atoms with van der Waals surface area (Å²) in [6.07, 6.45) is 2.63. The second-order valence-corrected chi connectivity index (χ2v) is 6.41. The second kappa shape index (κ2) is 6.62. The van der Waals surface area contributed by atoms with Crippen LogP contribution in [-0.4, -0.2) is 19.1 Å². The molecule has 2 nitrogen and oxygen atoms in total. The van der Waals surface area contributed by atoms with Gasteiger partial charge in [0.25, 0.3) is 0 Å². The highest BCUT2D eigenvalue weighted by Gasteiger charge is 2.17. The Morgan fingerprint density at radius 1 is 1.42 bits per heavy atom. The zero-order valence-corrected chi connectivity index (χ0v) is 13.0. The molecule has 1 unspecified atom stereocenters. The van der Waals surface area contributed by atoms with Crippen molar-refractivity contribution in [3.8, 4) is 0 Å². The van der Waals surface area contributed by atoms with Crippen LogP contribution in [0, 0.1) is 5.92 Å². The lowest BCUT2D eigenvalue weighted by atomic mass is 9.99. The summed E-state index contributed by atoms with van der Waals surface area (Å²) in [6, 6.07) is 6.98. The molecule has 0 radical (unpaired) electrons. The van der Waals surface area contributed by atoms with Gasteiger partial charge >= 0.3 is 0 Å². The van der Waals surface area contributed by atoms with Crippen molar-refractivity contribution in [2.45, 2.75) is 46.2 Å². The Kier molecular flexibility index (Phi) is 5.12. The van der Waals surface area contributed by atoms with Crippen LogP contribution >= 0.6 is 11.6 Å². The lowest BCUT2D eigenvalue weighted by molar-refractivity contribution is 0.447. The van der Waals surface area contributed by atoms with Crippen LogP contribution in [0.3, 0.4) is 0 Å². The van der Waals surface area contributed by atoms with Crippen molar-refractivity contribution in [2.24, 2.45) is 5.92 Å². The van der Waals surface area contributed by atoms with E-state index in [2.05, 4.69) is 49.2 Å². The van der Waals surface area contributed by atoms with Crippen molar-refractivity contribution in [2.75, 3.05) is 18.0 Å².